The summed E-state index contributed by atoms with van der Waals surface area (Å²) >= 11 is 0. The molecule has 1 aromatic heterocycles. The third-order valence-electron chi connectivity index (χ3n) is 3.86. The van der Waals surface area contributed by atoms with Gasteiger partial charge >= 0.3 is 0 Å². The van der Waals surface area contributed by atoms with Crippen molar-refractivity contribution in [3.63, 3.8) is 0 Å². The van der Waals surface area contributed by atoms with Crippen LogP contribution in [-0.4, -0.2) is 68.6 Å². The maximum Gasteiger partial charge on any atom is 0.213 e. The molecule has 1 aliphatic rings. The Morgan fingerprint density at radius 2 is 2.35 bits per heavy atom. The van der Waals surface area contributed by atoms with Crippen LogP contribution < -0.4 is 15.5 Å². The molecule has 7 nitrogen and oxygen atoms in total. The molecule has 0 spiro atoms. The molecule has 2 atom stereocenters. The van der Waals surface area contributed by atoms with Gasteiger partial charge in [-0.2, -0.15) is 5.10 Å². The number of rotatable bonds is 8. The molecule has 0 aromatic carbocycles. The smallest absolute Gasteiger partial charge is 0.213 e. The van der Waals surface area contributed by atoms with Crippen molar-refractivity contribution in [1.82, 2.24) is 20.8 Å². The molecule has 0 bridgehead atoms. The number of aliphatic hydroxyl groups excluding tert-OH is 1. The summed E-state index contributed by atoms with van der Waals surface area (Å²) in [7, 11) is -1.13. The number of ether oxygens (including phenoxy) is 1. The second-order valence-electron chi connectivity index (χ2n) is 7.08. The minimum Gasteiger partial charge on any atom is -0.356 e. The predicted molar refractivity (Wildman–Crippen MR) is 94.2 cm³/mol. The zero-order valence-electron chi connectivity index (χ0n) is 14.3. The number of nitrogens with one attached hydrogen (secondary N) is 2. The van der Waals surface area contributed by atoms with Crippen molar-refractivity contribution < 1.29 is 9.84 Å². The molecule has 130 valence electrons. The number of nitrogens with zero attached hydrogens (tertiary/aromatic N) is 3. The molecule has 0 radical (unpaired) electrons. The third-order valence-corrected chi connectivity index (χ3v) is 5.56. The van der Waals surface area contributed by atoms with E-state index in [0.29, 0.717) is 13.2 Å². The summed E-state index contributed by atoms with van der Waals surface area (Å²) in [5.41, 5.74) is 0. The highest BCUT2D eigenvalue weighted by atomic mass is 28.3. The summed E-state index contributed by atoms with van der Waals surface area (Å²) in [6.07, 6.45) is 0.756. The Kier molecular flexibility index (Phi) is 6.91. The van der Waals surface area contributed by atoms with Crippen LogP contribution in [0.2, 0.25) is 25.7 Å². The lowest BCUT2D eigenvalue weighted by molar-refractivity contribution is -0.116. The highest BCUT2D eigenvalue weighted by Gasteiger charge is 2.24. The van der Waals surface area contributed by atoms with Crippen molar-refractivity contribution in [1.29, 1.82) is 0 Å². The van der Waals surface area contributed by atoms with Crippen LogP contribution in [0.5, 0.6) is 0 Å². The van der Waals surface area contributed by atoms with E-state index in [-0.39, 0.29) is 6.04 Å². The molecular weight excluding hydrogens is 310 g/mol. The van der Waals surface area contributed by atoms with Crippen LogP contribution in [0.1, 0.15) is 0 Å². The SMILES string of the molecule is C[Si](C)(C)CCOC(O)NC[C@H]1CNCCN1c1cccnn1. The predicted octanol–water partition coefficient (Wildman–Crippen LogP) is 0.475. The first kappa shape index (κ1) is 18.3. The van der Waals surface area contributed by atoms with Gasteiger partial charge in [0.05, 0.1) is 6.04 Å². The van der Waals surface area contributed by atoms with Crippen LogP contribution in [0.4, 0.5) is 5.82 Å². The lowest BCUT2D eigenvalue weighted by Crippen LogP contribution is -2.56. The van der Waals surface area contributed by atoms with Crippen molar-refractivity contribution in [2.45, 2.75) is 38.1 Å². The molecule has 2 rings (SSSR count). The van der Waals surface area contributed by atoms with Gasteiger partial charge in [0.2, 0.25) is 6.41 Å². The summed E-state index contributed by atoms with van der Waals surface area (Å²) < 4.78 is 5.46. The Bertz CT molecular complexity index is 457. The van der Waals surface area contributed by atoms with Crippen molar-refractivity contribution in [2.24, 2.45) is 0 Å². The van der Waals surface area contributed by atoms with E-state index >= 15 is 0 Å². The van der Waals surface area contributed by atoms with Crippen molar-refractivity contribution >= 4 is 13.9 Å². The van der Waals surface area contributed by atoms with Gasteiger partial charge in [0, 0.05) is 47.1 Å². The number of hydrogen-bond acceptors (Lipinski definition) is 7. The second-order valence-corrected chi connectivity index (χ2v) is 12.7. The Morgan fingerprint density at radius 3 is 3.04 bits per heavy atom. The van der Waals surface area contributed by atoms with Crippen LogP contribution in [0.3, 0.4) is 0 Å². The summed E-state index contributed by atoms with van der Waals surface area (Å²) in [5, 5.41) is 24.5. The van der Waals surface area contributed by atoms with E-state index in [1.54, 1.807) is 6.20 Å². The summed E-state index contributed by atoms with van der Waals surface area (Å²) in [4.78, 5) is 2.21. The average molecular weight is 340 g/mol. The van der Waals surface area contributed by atoms with Gasteiger partial charge in [-0.3, -0.25) is 5.32 Å². The van der Waals surface area contributed by atoms with Crippen LogP contribution >= 0.6 is 0 Å². The highest BCUT2D eigenvalue weighted by Crippen LogP contribution is 2.14. The van der Waals surface area contributed by atoms with E-state index in [1.807, 2.05) is 12.1 Å². The fourth-order valence-electron chi connectivity index (χ4n) is 2.46. The Balaban J connectivity index is 1.78. The van der Waals surface area contributed by atoms with E-state index in [4.69, 9.17) is 4.74 Å². The molecule has 0 saturated carbocycles. The lowest BCUT2D eigenvalue weighted by Gasteiger charge is -2.37. The molecule has 23 heavy (non-hydrogen) atoms. The molecule has 3 N–H and O–H groups in total. The third kappa shape index (κ3) is 6.52. The van der Waals surface area contributed by atoms with Gasteiger partial charge in [-0.05, 0) is 18.2 Å². The average Bonchev–Trinajstić information content (AvgIpc) is 2.53. The van der Waals surface area contributed by atoms with Crippen LogP contribution in [0, 0.1) is 0 Å². The fourth-order valence-corrected chi connectivity index (χ4v) is 3.19. The molecule has 1 saturated heterocycles. The zero-order valence-corrected chi connectivity index (χ0v) is 15.3. The number of piperazine rings is 1. The van der Waals surface area contributed by atoms with Crippen LogP contribution in [0.15, 0.2) is 18.3 Å². The summed E-state index contributed by atoms with van der Waals surface area (Å²) in [6, 6.07) is 5.11. The lowest BCUT2D eigenvalue weighted by atomic mass is 10.2. The van der Waals surface area contributed by atoms with Crippen LogP contribution in [-0.2, 0) is 4.74 Å². The van der Waals surface area contributed by atoms with E-state index < -0.39 is 14.5 Å². The normalized spacial score (nSPS) is 20.5. The van der Waals surface area contributed by atoms with Gasteiger partial charge in [0.15, 0.2) is 5.82 Å². The van der Waals surface area contributed by atoms with E-state index in [1.165, 1.54) is 0 Å². The standard InChI is InChI=1S/C15H29N5O2Si/c1-23(2,3)10-9-22-15(21)17-12-13-11-16-7-8-20(13)14-5-4-6-18-19-14/h4-6,13,15-17,21H,7-12H2,1-3H3/t13-,15?/m1/s1. The molecule has 1 aromatic rings. The number of aliphatic hydroxyl groups is 1. The van der Waals surface area contributed by atoms with Gasteiger partial charge in [-0.25, -0.2) is 0 Å². The molecule has 1 aliphatic heterocycles. The van der Waals surface area contributed by atoms with E-state index in [9.17, 15) is 5.11 Å². The molecule has 1 fully saturated rings. The quantitative estimate of drug-likeness (QED) is 0.469. The first-order valence-corrected chi connectivity index (χ1v) is 11.9. The molecule has 0 amide bonds. The highest BCUT2D eigenvalue weighted by molar-refractivity contribution is 6.76. The second kappa shape index (κ2) is 8.70. The number of anilines is 1. The summed E-state index contributed by atoms with van der Waals surface area (Å²) in [6.45, 7) is 10.7. The number of aromatic nitrogens is 2. The maximum absolute atomic E-state index is 9.95. The van der Waals surface area contributed by atoms with Crippen LogP contribution in [0.25, 0.3) is 0 Å². The van der Waals surface area contributed by atoms with Crippen molar-refractivity contribution in [2.75, 3.05) is 37.7 Å². The summed E-state index contributed by atoms with van der Waals surface area (Å²) in [5.74, 6) is 0.870. The Morgan fingerprint density at radius 1 is 1.52 bits per heavy atom. The van der Waals surface area contributed by atoms with Crippen molar-refractivity contribution in [3.05, 3.63) is 18.3 Å². The number of hydrogen-bond donors (Lipinski definition) is 3. The van der Waals surface area contributed by atoms with Gasteiger partial charge in [0.1, 0.15) is 0 Å². The van der Waals surface area contributed by atoms with Gasteiger partial charge < -0.3 is 20.1 Å². The fraction of sp³-hybridized carbons (Fsp3) is 0.733. The molecular formula is C15H29N5O2Si. The van der Waals surface area contributed by atoms with E-state index in [0.717, 1.165) is 31.5 Å². The molecule has 0 aliphatic carbocycles. The first-order chi connectivity index (χ1) is 11.0. The zero-order chi connectivity index (χ0) is 16.7. The Hall–Kier alpha value is -1.06. The van der Waals surface area contributed by atoms with E-state index in [2.05, 4.69) is 45.4 Å². The molecule has 8 heteroatoms. The van der Waals surface area contributed by atoms with Gasteiger partial charge in [-0.1, -0.05) is 19.6 Å². The largest absolute Gasteiger partial charge is 0.356 e. The Labute approximate surface area is 139 Å². The minimum absolute atomic E-state index is 0.204. The minimum atomic E-state index is -1.13. The first-order valence-electron chi connectivity index (χ1n) is 8.24. The molecule has 2 heterocycles. The van der Waals surface area contributed by atoms with Gasteiger partial charge in [-0.15, -0.1) is 5.10 Å². The van der Waals surface area contributed by atoms with Crippen molar-refractivity contribution in [3.8, 4) is 0 Å². The van der Waals surface area contributed by atoms with Gasteiger partial charge in [0.25, 0.3) is 0 Å². The molecule has 1 unspecified atom stereocenters. The maximum atomic E-state index is 9.95. The monoisotopic (exact) mass is 339 g/mol. The topological polar surface area (TPSA) is 82.5 Å².